The molecule has 3 nitrogen and oxygen atoms in total. The van der Waals surface area contributed by atoms with Gasteiger partial charge in [-0.25, -0.2) is 0 Å². The van der Waals surface area contributed by atoms with Gasteiger partial charge in [-0.15, -0.1) is 0 Å². The van der Waals surface area contributed by atoms with Crippen molar-refractivity contribution >= 4 is 14.3 Å². The fourth-order valence-electron chi connectivity index (χ4n) is 2.00. The summed E-state index contributed by atoms with van der Waals surface area (Å²) in [5, 5.41) is 9.68. The zero-order valence-corrected chi connectivity index (χ0v) is 9.43. The number of unbranched alkanes of at least 4 members (excludes halogenated alkanes) is 2. The number of rotatable bonds is 6. The second-order valence-corrected chi connectivity index (χ2v) is 4.21. The highest BCUT2D eigenvalue weighted by molar-refractivity contribution is 6.04. The highest BCUT2D eigenvalue weighted by Gasteiger charge is 2.28. The van der Waals surface area contributed by atoms with Crippen LogP contribution in [0.5, 0.6) is 0 Å². The standard InChI is InChI=1S/C11H20BNO2/c12-13-8-7-11(15)10(13)6-4-2-1-3-5-9-14/h2,4,9-11,15H,1,3,5-8,12H2/b4-2-. The van der Waals surface area contributed by atoms with Crippen molar-refractivity contribution in [3.8, 4) is 0 Å². The highest BCUT2D eigenvalue weighted by Crippen LogP contribution is 2.18. The number of hydrogen-bond donors (Lipinski definition) is 1. The Morgan fingerprint density at radius 1 is 1.40 bits per heavy atom. The predicted octanol–water partition coefficient (Wildman–Crippen LogP) is 0.285. The number of nitrogens with zero attached hydrogens (tertiary/aromatic N) is 1. The molecule has 0 amide bonds. The fraction of sp³-hybridized carbons (Fsp3) is 0.727. The van der Waals surface area contributed by atoms with Crippen LogP contribution in [0.2, 0.25) is 0 Å². The van der Waals surface area contributed by atoms with Crippen molar-refractivity contribution in [3.05, 3.63) is 12.2 Å². The second-order valence-electron chi connectivity index (χ2n) is 4.21. The minimum absolute atomic E-state index is 0.172. The maximum atomic E-state index is 10.1. The summed E-state index contributed by atoms with van der Waals surface area (Å²) in [4.78, 5) is 12.3. The van der Waals surface area contributed by atoms with Crippen molar-refractivity contribution in [2.24, 2.45) is 0 Å². The Hall–Kier alpha value is -0.605. The van der Waals surface area contributed by atoms with Gasteiger partial charge >= 0.3 is 0 Å². The molecule has 1 rings (SSSR count). The Balaban J connectivity index is 2.15. The van der Waals surface area contributed by atoms with E-state index in [1.54, 1.807) is 0 Å². The summed E-state index contributed by atoms with van der Waals surface area (Å²) < 4.78 is 0. The summed E-state index contributed by atoms with van der Waals surface area (Å²) in [5.74, 6) is 0. The van der Waals surface area contributed by atoms with Gasteiger partial charge in [0.25, 0.3) is 0 Å². The third-order valence-electron chi connectivity index (χ3n) is 3.02. The third kappa shape index (κ3) is 4.18. The van der Waals surface area contributed by atoms with E-state index in [4.69, 9.17) is 0 Å². The number of aliphatic hydroxyl groups is 1. The molecule has 1 N–H and O–H groups in total. The third-order valence-corrected chi connectivity index (χ3v) is 3.02. The van der Waals surface area contributed by atoms with Gasteiger partial charge in [-0.05, 0) is 32.2 Å². The molecule has 0 aliphatic carbocycles. The van der Waals surface area contributed by atoms with E-state index < -0.39 is 0 Å². The van der Waals surface area contributed by atoms with E-state index >= 15 is 0 Å². The Morgan fingerprint density at radius 3 is 2.80 bits per heavy atom. The Morgan fingerprint density at radius 2 is 2.20 bits per heavy atom. The van der Waals surface area contributed by atoms with Crippen LogP contribution >= 0.6 is 0 Å². The van der Waals surface area contributed by atoms with Crippen molar-refractivity contribution in [2.75, 3.05) is 6.54 Å². The molecule has 2 atom stereocenters. The first-order valence-corrected chi connectivity index (χ1v) is 5.72. The summed E-state index contributed by atoms with van der Waals surface area (Å²) in [6.07, 6.45) is 9.38. The zero-order valence-electron chi connectivity index (χ0n) is 9.43. The summed E-state index contributed by atoms with van der Waals surface area (Å²) in [6.45, 7) is 0.991. The summed E-state index contributed by atoms with van der Waals surface area (Å²) in [7, 11) is 2.06. The van der Waals surface area contributed by atoms with E-state index in [9.17, 15) is 9.90 Å². The van der Waals surface area contributed by atoms with Gasteiger partial charge in [-0.2, -0.15) is 0 Å². The molecule has 0 saturated carbocycles. The summed E-state index contributed by atoms with van der Waals surface area (Å²) in [5.41, 5.74) is 0. The van der Waals surface area contributed by atoms with Crippen LogP contribution in [0.1, 0.15) is 32.1 Å². The minimum atomic E-state index is -0.172. The monoisotopic (exact) mass is 209 g/mol. The molecule has 0 aromatic rings. The number of aldehydes is 1. The Kier molecular flexibility index (Phi) is 5.65. The molecule has 1 heterocycles. The van der Waals surface area contributed by atoms with Gasteiger partial charge in [0.2, 0.25) is 0 Å². The van der Waals surface area contributed by atoms with E-state index in [0.29, 0.717) is 6.42 Å². The molecule has 1 saturated heterocycles. The maximum Gasteiger partial charge on any atom is 0.185 e. The van der Waals surface area contributed by atoms with Crippen molar-refractivity contribution in [1.29, 1.82) is 0 Å². The Labute approximate surface area is 92.6 Å². The first-order valence-electron chi connectivity index (χ1n) is 5.72. The molecule has 1 aliphatic heterocycles. The van der Waals surface area contributed by atoms with Gasteiger partial charge in [0.1, 0.15) is 6.29 Å². The van der Waals surface area contributed by atoms with Crippen molar-refractivity contribution in [2.45, 2.75) is 44.2 Å². The average molecular weight is 209 g/mol. The first-order chi connectivity index (χ1) is 7.25. The molecular formula is C11H20BNO2. The topological polar surface area (TPSA) is 40.5 Å². The lowest BCUT2D eigenvalue weighted by Gasteiger charge is -2.20. The number of aliphatic hydroxyl groups excluding tert-OH is 1. The maximum absolute atomic E-state index is 10.1. The summed E-state index contributed by atoms with van der Waals surface area (Å²) in [6, 6.07) is 0.285. The number of carbonyl (C=O) groups is 1. The van der Waals surface area contributed by atoms with Crippen LogP contribution in [0.25, 0.3) is 0 Å². The van der Waals surface area contributed by atoms with E-state index in [2.05, 4.69) is 24.9 Å². The smallest absolute Gasteiger partial charge is 0.185 e. The number of carbonyl (C=O) groups excluding carboxylic acids is 1. The van der Waals surface area contributed by atoms with E-state index in [1.165, 1.54) is 0 Å². The van der Waals surface area contributed by atoms with E-state index in [-0.39, 0.29) is 12.1 Å². The van der Waals surface area contributed by atoms with Gasteiger partial charge in [-0.3, -0.25) is 0 Å². The molecule has 15 heavy (non-hydrogen) atoms. The molecule has 1 fully saturated rings. The lowest BCUT2D eigenvalue weighted by atomic mass is 10.1. The molecule has 84 valence electrons. The molecule has 0 radical (unpaired) electrons. The van der Waals surface area contributed by atoms with Crippen molar-refractivity contribution in [3.63, 3.8) is 0 Å². The first kappa shape index (κ1) is 12.5. The fourth-order valence-corrected chi connectivity index (χ4v) is 2.00. The van der Waals surface area contributed by atoms with Crippen molar-refractivity contribution in [1.82, 2.24) is 4.81 Å². The van der Waals surface area contributed by atoms with Crippen LogP contribution in [0, 0.1) is 0 Å². The zero-order chi connectivity index (χ0) is 11.1. The Bertz CT molecular complexity index is 211. The second kappa shape index (κ2) is 6.80. The summed E-state index contributed by atoms with van der Waals surface area (Å²) >= 11 is 0. The van der Waals surface area contributed by atoms with E-state index in [1.807, 2.05) is 0 Å². The minimum Gasteiger partial charge on any atom is -0.391 e. The highest BCUT2D eigenvalue weighted by atomic mass is 16.3. The molecular weight excluding hydrogens is 189 g/mol. The lowest BCUT2D eigenvalue weighted by Crippen LogP contribution is -2.32. The van der Waals surface area contributed by atoms with Gasteiger partial charge in [0, 0.05) is 12.5 Å². The quantitative estimate of drug-likeness (QED) is 0.296. The van der Waals surface area contributed by atoms with Crippen LogP contribution < -0.4 is 0 Å². The molecule has 0 aromatic carbocycles. The van der Waals surface area contributed by atoms with Gasteiger partial charge in [-0.1, -0.05) is 12.2 Å². The predicted molar refractivity (Wildman–Crippen MR) is 63.3 cm³/mol. The van der Waals surface area contributed by atoms with Crippen LogP contribution in [-0.4, -0.2) is 42.9 Å². The molecule has 2 unspecified atom stereocenters. The molecule has 0 aromatic heterocycles. The molecule has 1 aliphatic rings. The largest absolute Gasteiger partial charge is 0.391 e. The van der Waals surface area contributed by atoms with Crippen LogP contribution in [0.15, 0.2) is 12.2 Å². The number of hydrogen-bond acceptors (Lipinski definition) is 3. The van der Waals surface area contributed by atoms with E-state index in [0.717, 1.165) is 38.5 Å². The van der Waals surface area contributed by atoms with Crippen LogP contribution in [-0.2, 0) is 4.79 Å². The SMILES string of the molecule is BN1CCC(O)C1C/C=C\CCCC=O. The van der Waals surface area contributed by atoms with Gasteiger partial charge < -0.3 is 14.7 Å². The lowest BCUT2D eigenvalue weighted by molar-refractivity contribution is -0.107. The molecule has 0 bridgehead atoms. The van der Waals surface area contributed by atoms with Gasteiger partial charge in [0.05, 0.1) is 6.10 Å². The van der Waals surface area contributed by atoms with Crippen LogP contribution in [0.3, 0.4) is 0 Å². The normalized spacial score (nSPS) is 27.5. The average Bonchev–Trinajstić information content (AvgIpc) is 2.54. The van der Waals surface area contributed by atoms with Crippen molar-refractivity contribution < 1.29 is 9.90 Å². The number of allylic oxidation sites excluding steroid dienone is 1. The van der Waals surface area contributed by atoms with Gasteiger partial charge in [0.15, 0.2) is 7.98 Å². The molecule has 4 heteroatoms. The van der Waals surface area contributed by atoms with Crippen LogP contribution in [0.4, 0.5) is 0 Å². The molecule has 0 spiro atoms.